The molecular weight excluding hydrogens is 212 g/mol. The molecule has 0 fully saturated rings. The molecule has 3 rings (SSSR count). The van der Waals surface area contributed by atoms with Crippen LogP contribution in [0.15, 0.2) is 36.7 Å². The summed E-state index contributed by atoms with van der Waals surface area (Å²) in [5.41, 5.74) is 8.76. The van der Waals surface area contributed by atoms with Crippen LogP contribution in [-0.2, 0) is 0 Å². The first kappa shape index (κ1) is 9.84. The summed E-state index contributed by atoms with van der Waals surface area (Å²) in [6.45, 7) is 1.90. The van der Waals surface area contributed by atoms with E-state index in [9.17, 15) is 0 Å². The lowest BCUT2D eigenvalue weighted by atomic mass is 10.1. The Morgan fingerprint density at radius 1 is 1.24 bits per heavy atom. The van der Waals surface area contributed by atoms with Gasteiger partial charge in [-0.1, -0.05) is 18.2 Å². The number of H-pyrrole nitrogens is 1. The van der Waals surface area contributed by atoms with Crippen LogP contribution in [0.25, 0.3) is 22.3 Å². The van der Waals surface area contributed by atoms with Crippen LogP contribution in [0.2, 0.25) is 0 Å². The highest BCUT2D eigenvalue weighted by atomic mass is 14.9. The van der Waals surface area contributed by atoms with Gasteiger partial charge in [-0.15, -0.1) is 0 Å². The van der Waals surface area contributed by atoms with Crippen LogP contribution < -0.4 is 5.73 Å². The molecule has 0 aliphatic rings. The topological polar surface area (TPSA) is 67.6 Å². The number of hydrogen-bond donors (Lipinski definition) is 2. The Kier molecular flexibility index (Phi) is 2.08. The minimum atomic E-state index is 0.528. The summed E-state index contributed by atoms with van der Waals surface area (Å²) in [4.78, 5) is 11.8. The number of aromatic amines is 1. The Morgan fingerprint density at radius 2 is 2.06 bits per heavy atom. The molecule has 0 saturated carbocycles. The van der Waals surface area contributed by atoms with Gasteiger partial charge in [0.1, 0.15) is 5.82 Å². The van der Waals surface area contributed by atoms with Crippen molar-refractivity contribution >= 4 is 16.7 Å². The fourth-order valence-electron chi connectivity index (χ4n) is 1.84. The average Bonchev–Trinajstić information content (AvgIpc) is 2.76. The highest BCUT2D eigenvalue weighted by molar-refractivity contribution is 5.93. The third-order valence-electron chi connectivity index (χ3n) is 2.84. The molecule has 0 aliphatic carbocycles. The number of aryl methyl sites for hydroxylation is 1. The van der Waals surface area contributed by atoms with E-state index in [-0.39, 0.29) is 0 Å². The first-order valence-corrected chi connectivity index (χ1v) is 5.41. The van der Waals surface area contributed by atoms with E-state index in [0.717, 1.165) is 22.0 Å². The van der Waals surface area contributed by atoms with E-state index in [0.29, 0.717) is 11.6 Å². The van der Waals surface area contributed by atoms with Crippen LogP contribution in [0.1, 0.15) is 5.56 Å². The summed E-state index contributed by atoms with van der Waals surface area (Å²) in [5, 5.41) is 1.11. The van der Waals surface area contributed by atoms with E-state index < -0.39 is 0 Å². The fourth-order valence-corrected chi connectivity index (χ4v) is 1.84. The van der Waals surface area contributed by atoms with Crippen LogP contribution in [0.5, 0.6) is 0 Å². The van der Waals surface area contributed by atoms with Gasteiger partial charge in [-0.25, -0.2) is 9.97 Å². The Bertz CT molecular complexity index is 685. The van der Waals surface area contributed by atoms with Gasteiger partial charge >= 0.3 is 0 Å². The minimum Gasteiger partial charge on any atom is -0.383 e. The molecule has 4 heteroatoms. The molecule has 2 aromatic heterocycles. The van der Waals surface area contributed by atoms with Crippen molar-refractivity contribution in [2.75, 3.05) is 5.73 Å². The lowest BCUT2D eigenvalue weighted by molar-refractivity contribution is 1.15. The maximum Gasteiger partial charge on any atom is 0.163 e. The second-order valence-electron chi connectivity index (χ2n) is 4.01. The fraction of sp³-hybridized carbons (Fsp3) is 0.0769. The number of hydrogen-bond acceptors (Lipinski definition) is 3. The molecular formula is C13H12N4. The largest absolute Gasteiger partial charge is 0.383 e. The van der Waals surface area contributed by atoms with E-state index in [1.807, 2.05) is 37.4 Å². The Labute approximate surface area is 98.5 Å². The third kappa shape index (κ3) is 1.54. The van der Waals surface area contributed by atoms with Crippen molar-refractivity contribution in [3.8, 4) is 11.4 Å². The first-order chi connectivity index (χ1) is 8.25. The number of para-hydroxylation sites is 1. The summed E-state index contributed by atoms with van der Waals surface area (Å²) in [5.74, 6) is 1.19. The molecule has 0 saturated heterocycles. The van der Waals surface area contributed by atoms with E-state index in [2.05, 4.69) is 15.0 Å². The van der Waals surface area contributed by atoms with Gasteiger partial charge in [0, 0.05) is 34.4 Å². The van der Waals surface area contributed by atoms with Gasteiger partial charge in [0.15, 0.2) is 5.82 Å². The minimum absolute atomic E-state index is 0.528. The van der Waals surface area contributed by atoms with Crippen LogP contribution in [-0.4, -0.2) is 15.0 Å². The molecule has 0 bridgehead atoms. The van der Waals surface area contributed by atoms with E-state index in [1.54, 1.807) is 6.20 Å². The highest BCUT2D eigenvalue weighted by Gasteiger charge is 2.09. The standard InChI is InChI=1S/C13H12N4/c1-8-6-16-13(17-12(8)14)10-7-15-11-5-3-2-4-9(10)11/h2-7,15H,1H3,(H2,14,16,17). The molecule has 4 nitrogen and oxygen atoms in total. The number of anilines is 1. The summed E-state index contributed by atoms with van der Waals surface area (Å²) < 4.78 is 0. The van der Waals surface area contributed by atoms with Gasteiger partial charge in [-0.2, -0.15) is 0 Å². The lowest BCUT2D eigenvalue weighted by Gasteiger charge is -2.01. The summed E-state index contributed by atoms with van der Waals surface area (Å²) in [6.07, 6.45) is 3.66. The molecule has 17 heavy (non-hydrogen) atoms. The van der Waals surface area contributed by atoms with Crippen LogP contribution in [0, 0.1) is 6.92 Å². The van der Waals surface area contributed by atoms with Crippen molar-refractivity contribution in [3.05, 3.63) is 42.2 Å². The smallest absolute Gasteiger partial charge is 0.163 e. The molecule has 0 spiro atoms. The predicted octanol–water partition coefficient (Wildman–Crippen LogP) is 2.52. The van der Waals surface area contributed by atoms with Gasteiger partial charge in [-0.05, 0) is 13.0 Å². The third-order valence-corrected chi connectivity index (χ3v) is 2.84. The number of nitrogens with zero attached hydrogens (tertiary/aromatic N) is 2. The molecule has 0 unspecified atom stereocenters. The summed E-state index contributed by atoms with van der Waals surface area (Å²) >= 11 is 0. The second-order valence-corrected chi connectivity index (χ2v) is 4.01. The summed E-state index contributed by atoms with van der Waals surface area (Å²) in [6, 6.07) is 8.06. The Hall–Kier alpha value is -2.36. The number of fused-ring (bicyclic) bond motifs is 1. The monoisotopic (exact) mass is 224 g/mol. The molecule has 0 radical (unpaired) electrons. The van der Waals surface area contributed by atoms with Crippen molar-refractivity contribution in [1.29, 1.82) is 0 Å². The number of nitrogens with one attached hydrogen (secondary N) is 1. The summed E-state index contributed by atoms with van der Waals surface area (Å²) in [7, 11) is 0. The van der Waals surface area contributed by atoms with Crippen molar-refractivity contribution in [3.63, 3.8) is 0 Å². The van der Waals surface area contributed by atoms with Gasteiger partial charge < -0.3 is 10.7 Å². The quantitative estimate of drug-likeness (QED) is 0.667. The Morgan fingerprint density at radius 3 is 2.88 bits per heavy atom. The van der Waals surface area contributed by atoms with E-state index >= 15 is 0 Å². The van der Waals surface area contributed by atoms with Crippen LogP contribution >= 0.6 is 0 Å². The molecule has 84 valence electrons. The maximum absolute atomic E-state index is 5.81. The van der Waals surface area contributed by atoms with Crippen molar-refractivity contribution in [2.24, 2.45) is 0 Å². The molecule has 0 amide bonds. The zero-order valence-corrected chi connectivity index (χ0v) is 9.44. The SMILES string of the molecule is Cc1cnc(-c2c[nH]c3ccccc23)nc1N. The maximum atomic E-state index is 5.81. The number of nitrogens with two attached hydrogens (primary N) is 1. The van der Waals surface area contributed by atoms with Crippen molar-refractivity contribution in [2.45, 2.75) is 6.92 Å². The Balaban J connectivity index is 2.24. The first-order valence-electron chi connectivity index (χ1n) is 5.41. The molecule has 0 atom stereocenters. The average molecular weight is 224 g/mol. The molecule has 3 N–H and O–H groups in total. The van der Waals surface area contributed by atoms with Gasteiger partial charge in [-0.3, -0.25) is 0 Å². The number of nitrogen functional groups attached to an aromatic ring is 1. The second kappa shape index (κ2) is 3.59. The number of aromatic nitrogens is 3. The molecule has 3 aromatic rings. The zero-order chi connectivity index (χ0) is 11.8. The lowest BCUT2D eigenvalue weighted by Crippen LogP contribution is -1.97. The van der Waals surface area contributed by atoms with Gasteiger partial charge in [0.25, 0.3) is 0 Å². The molecule has 2 heterocycles. The van der Waals surface area contributed by atoms with E-state index in [4.69, 9.17) is 5.73 Å². The van der Waals surface area contributed by atoms with E-state index in [1.165, 1.54) is 0 Å². The normalized spacial score (nSPS) is 10.9. The molecule has 1 aromatic carbocycles. The zero-order valence-electron chi connectivity index (χ0n) is 9.44. The van der Waals surface area contributed by atoms with Gasteiger partial charge in [0.2, 0.25) is 0 Å². The van der Waals surface area contributed by atoms with Crippen molar-refractivity contribution < 1.29 is 0 Å². The molecule has 0 aliphatic heterocycles. The van der Waals surface area contributed by atoms with Crippen LogP contribution in [0.4, 0.5) is 5.82 Å². The number of rotatable bonds is 1. The predicted molar refractivity (Wildman–Crippen MR) is 68.5 cm³/mol. The highest BCUT2D eigenvalue weighted by Crippen LogP contribution is 2.26. The van der Waals surface area contributed by atoms with Gasteiger partial charge in [0.05, 0.1) is 0 Å². The van der Waals surface area contributed by atoms with Crippen LogP contribution in [0.3, 0.4) is 0 Å². The van der Waals surface area contributed by atoms with Crippen molar-refractivity contribution in [1.82, 2.24) is 15.0 Å². The number of benzene rings is 1.